The molecule has 0 aliphatic carbocycles. The molecular weight excluding hydrogens is 224 g/mol. The Morgan fingerprint density at radius 1 is 1.59 bits per heavy atom. The van der Waals surface area contributed by atoms with Crippen molar-refractivity contribution in [3.63, 3.8) is 0 Å². The monoisotopic (exact) mass is 240 g/mol. The highest BCUT2D eigenvalue weighted by Crippen LogP contribution is 2.28. The van der Waals surface area contributed by atoms with Crippen LogP contribution in [0.2, 0.25) is 0 Å². The fraction of sp³-hybridized carbons (Fsp3) is 0.455. The summed E-state index contributed by atoms with van der Waals surface area (Å²) in [7, 11) is 1.50. The van der Waals surface area contributed by atoms with E-state index in [0.29, 0.717) is 24.4 Å². The summed E-state index contributed by atoms with van der Waals surface area (Å²) in [5, 5.41) is 22.8. The number of benzene rings is 1. The summed E-state index contributed by atoms with van der Waals surface area (Å²) in [5.41, 5.74) is 0.395. The van der Waals surface area contributed by atoms with Crippen molar-refractivity contribution < 1.29 is 14.8 Å². The summed E-state index contributed by atoms with van der Waals surface area (Å²) >= 11 is 0. The number of nitrogens with one attached hydrogen (secondary N) is 1. The van der Waals surface area contributed by atoms with Crippen LogP contribution in [0.25, 0.3) is 0 Å². The Balaban J connectivity index is 2.82. The first-order valence-corrected chi connectivity index (χ1v) is 5.29. The van der Waals surface area contributed by atoms with Crippen LogP contribution in [0, 0.1) is 10.1 Å². The van der Waals surface area contributed by atoms with Gasteiger partial charge in [-0.25, -0.2) is 0 Å². The lowest BCUT2D eigenvalue weighted by Gasteiger charge is -2.09. The van der Waals surface area contributed by atoms with Gasteiger partial charge in [0.25, 0.3) is 5.69 Å². The first-order valence-electron chi connectivity index (χ1n) is 5.29. The van der Waals surface area contributed by atoms with Crippen LogP contribution >= 0.6 is 0 Å². The van der Waals surface area contributed by atoms with Gasteiger partial charge in [0.05, 0.1) is 18.1 Å². The molecular formula is C11H16N2O4. The topological polar surface area (TPSA) is 84.6 Å². The Hall–Kier alpha value is -1.82. The molecule has 1 aromatic rings. The molecule has 0 bridgehead atoms. The van der Waals surface area contributed by atoms with Crippen molar-refractivity contribution in [1.29, 1.82) is 0 Å². The van der Waals surface area contributed by atoms with Crippen molar-refractivity contribution in [2.45, 2.75) is 19.4 Å². The number of nitrogens with zero attached hydrogens (tertiary/aromatic N) is 1. The van der Waals surface area contributed by atoms with Crippen LogP contribution in [0.3, 0.4) is 0 Å². The molecule has 0 fully saturated rings. The van der Waals surface area contributed by atoms with Crippen molar-refractivity contribution in [2.75, 3.05) is 19.0 Å². The number of methoxy groups -OCH3 is 1. The predicted octanol–water partition coefficient (Wildman–Crippen LogP) is 1.79. The van der Waals surface area contributed by atoms with E-state index in [1.807, 2.05) is 0 Å². The highest BCUT2D eigenvalue weighted by atomic mass is 16.6. The van der Waals surface area contributed by atoms with Gasteiger partial charge in [-0.15, -0.1) is 0 Å². The standard InChI is InChI=1S/C11H16N2O4/c1-8(14)5-6-12-10-7-9(17-2)3-4-11(10)13(15)16/h3-4,7-8,12,14H,5-6H2,1-2H3. The Morgan fingerprint density at radius 3 is 2.82 bits per heavy atom. The summed E-state index contributed by atoms with van der Waals surface area (Å²) in [4.78, 5) is 10.3. The molecule has 0 aliphatic heterocycles. The molecule has 1 atom stereocenters. The number of rotatable bonds is 6. The maximum absolute atomic E-state index is 10.8. The van der Waals surface area contributed by atoms with E-state index in [4.69, 9.17) is 9.84 Å². The summed E-state index contributed by atoms with van der Waals surface area (Å²) in [6, 6.07) is 4.50. The van der Waals surface area contributed by atoms with Crippen LogP contribution < -0.4 is 10.1 Å². The number of nitro groups is 1. The number of nitro benzene ring substituents is 1. The number of aliphatic hydroxyl groups excluding tert-OH is 1. The second kappa shape index (κ2) is 6.05. The van der Waals surface area contributed by atoms with Gasteiger partial charge < -0.3 is 15.2 Å². The van der Waals surface area contributed by atoms with Gasteiger partial charge in [0.2, 0.25) is 0 Å². The molecule has 0 amide bonds. The lowest BCUT2D eigenvalue weighted by molar-refractivity contribution is -0.384. The third-order valence-corrected chi connectivity index (χ3v) is 2.28. The van der Waals surface area contributed by atoms with E-state index in [-0.39, 0.29) is 5.69 Å². The van der Waals surface area contributed by atoms with Crippen LogP contribution in [0.1, 0.15) is 13.3 Å². The van der Waals surface area contributed by atoms with E-state index in [9.17, 15) is 10.1 Å². The zero-order valence-electron chi connectivity index (χ0n) is 9.84. The fourth-order valence-electron chi connectivity index (χ4n) is 1.36. The van der Waals surface area contributed by atoms with E-state index in [2.05, 4.69) is 5.32 Å². The van der Waals surface area contributed by atoms with Crippen LogP contribution in [0.4, 0.5) is 11.4 Å². The minimum Gasteiger partial charge on any atom is -0.497 e. The largest absolute Gasteiger partial charge is 0.497 e. The van der Waals surface area contributed by atoms with Gasteiger partial charge in [0.1, 0.15) is 11.4 Å². The van der Waals surface area contributed by atoms with E-state index in [1.54, 1.807) is 13.0 Å². The SMILES string of the molecule is COc1ccc([N+](=O)[O-])c(NCCC(C)O)c1. The number of hydrogen-bond donors (Lipinski definition) is 2. The highest BCUT2D eigenvalue weighted by molar-refractivity contribution is 5.64. The van der Waals surface area contributed by atoms with Crippen LogP contribution in [-0.2, 0) is 0 Å². The molecule has 94 valence electrons. The normalized spacial score (nSPS) is 11.9. The molecule has 1 aromatic carbocycles. The quantitative estimate of drug-likeness (QED) is 0.585. The Bertz CT molecular complexity index is 393. The van der Waals surface area contributed by atoms with E-state index in [1.165, 1.54) is 19.2 Å². The second-order valence-electron chi connectivity index (χ2n) is 3.70. The van der Waals surface area contributed by atoms with Crippen LogP contribution in [0.5, 0.6) is 5.75 Å². The smallest absolute Gasteiger partial charge is 0.292 e. The molecule has 1 rings (SSSR count). The molecule has 6 heteroatoms. The number of anilines is 1. The average molecular weight is 240 g/mol. The molecule has 2 N–H and O–H groups in total. The Kier molecular flexibility index (Phi) is 4.71. The molecule has 0 spiro atoms. The maximum atomic E-state index is 10.8. The Morgan fingerprint density at radius 2 is 2.29 bits per heavy atom. The number of hydrogen-bond acceptors (Lipinski definition) is 5. The first kappa shape index (κ1) is 13.2. The minimum absolute atomic E-state index is 0.00334. The van der Waals surface area contributed by atoms with Crippen molar-refractivity contribution >= 4 is 11.4 Å². The fourth-order valence-corrected chi connectivity index (χ4v) is 1.36. The lowest BCUT2D eigenvalue weighted by Crippen LogP contribution is -2.10. The lowest BCUT2D eigenvalue weighted by atomic mass is 10.2. The van der Waals surface area contributed by atoms with Crippen LogP contribution in [0.15, 0.2) is 18.2 Å². The molecule has 0 saturated carbocycles. The van der Waals surface area contributed by atoms with E-state index in [0.717, 1.165) is 0 Å². The molecule has 0 aliphatic rings. The van der Waals surface area contributed by atoms with Crippen molar-refractivity contribution in [3.05, 3.63) is 28.3 Å². The zero-order chi connectivity index (χ0) is 12.8. The van der Waals surface area contributed by atoms with Crippen molar-refractivity contribution in [1.82, 2.24) is 0 Å². The van der Waals surface area contributed by atoms with Gasteiger partial charge in [-0.2, -0.15) is 0 Å². The van der Waals surface area contributed by atoms with Crippen LogP contribution in [-0.4, -0.2) is 29.8 Å². The predicted molar refractivity (Wildman–Crippen MR) is 64.4 cm³/mol. The molecule has 0 heterocycles. The van der Waals surface area contributed by atoms with E-state index >= 15 is 0 Å². The highest BCUT2D eigenvalue weighted by Gasteiger charge is 2.14. The molecule has 1 unspecified atom stereocenters. The molecule has 0 radical (unpaired) electrons. The number of ether oxygens (including phenoxy) is 1. The molecule has 6 nitrogen and oxygen atoms in total. The average Bonchev–Trinajstić information content (AvgIpc) is 2.28. The molecule has 17 heavy (non-hydrogen) atoms. The van der Waals surface area contributed by atoms with Gasteiger partial charge in [0.15, 0.2) is 0 Å². The van der Waals surface area contributed by atoms with E-state index < -0.39 is 11.0 Å². The second-order valence-corrected chi connectivity index (χ2v) is 3.70. The third-order valence-electron chi connectivity index (χ3n) is 2.28. The van der Waals surface area contributed by atoms with Gasteiger partial charge in [-0.3, -0.25) is 10.1 Å². The Labute approximate surface area is 99.4 Å². The first-order chi connectivity index (χ1) is 8.04. The zero-order valence-corrected chi connectivity index (χ0v) is 9.84. The molecule has 0 aromatic heterocycles. The molecule has 0 saturated heterocycles. The van der Waals surface area contributed by atoms with Crippen molar-refractivity contribution in [3.8, 4) is 5.75 Å². The van der Waals surface area contributed by atoms with Gasteiger partial charge >= 0.3 is 0 Å². The summed E-state index contributed by atoms with van der Waals surface area (Å²) in [6.07, 6.45) is 0.0844. The van der Waals surface area contributed by atoms with Gasteiger partial charge in [-0.05, 0) is 19.4 Å². The number of aliphatic hydroxyl groups is 1. The van der Waals surface area contributed by atoms with Gasteiger partial charge in [0, 0.05) is 18.7 Å². The summed E-state index contributed by atoms with van der Waals surface area (Å²) in [5.74, 6) is 0.551. The summed E-state index contributed by atoms with van der Waals surface area (Å²) in [6.45, 7) is 2.13. The maximum Gasteiger partial charge on any atom is 0.292 e. The summed E-state index contributed by atoms with van der Waals surface area (Å²) < 4.78 is 5.01. The van der Waals surface area contributed by atoms with Crippen molar-refractivity contribution in [2.24, 2.45) is 0 Å². The van der Waals surface area contributed by atoms with Gasteiger partial charge in [-0.1, -0.05) is 0 Å². The third kappa shape index (κ3) is 3.92. The minimum atomic E-state index is -0.454.